The van der Waals surface area contributed by atoms with E-state index in [1.54, 1.807) is 21.3 Å². The predicted octanol–water partition coefficient (Wildman–Crippen LogP) is 5.24. The molecule has 1 N–H and O–H groups in total. The number of ether oxygens (including phenoxy) is 3. The first-order valence-corrected chi connectivity index (χ1v) is 11.7. The molecule has 4 rings (SSSR count). The van der Waals surface area contributed by atoms with E-state index in [2.05, 4.69) is 18.2 Å². The van der Waals surface area contributed by atoms with Crippen LogP contribution in [-0.4, -0.2) is 25.9 Å². The third kappa shape index (κ3) is 4.38. The number of aromatic nitrogens is 1. The maximum Gasteiger partial charge on any atom is 0.203 e. The fourth-order valence-electron chi connectivity index (χ4n) is 4.94. The molecule has 1 aliphatic rings. The van der Waals surface area contributed by atoms with Gasteiger partial charge in [0.05, 0.1) is 21.3 Å². The highest BCUT2D eigenvalue weighted by molar-refractivity contribution is 5.78. The lowest BCUT2D eigenvalue weighted by Gasteiger charge is -2.25. The predicted molar refractivity (Wildman–Crippen MR) is 132 cm³/mol. The van der Waals surface area contributed by atoms with Crippen molar-refractivity contribution in [2.45, 2.75) is 45.1 Å². The number of hydrogen-bond donors (Lipinski definition) is 1. The van der Waals surface area contributed by atoms with Crippen molar-refractivity contribution in [1.82, 2.24) is 4.57 Å². The van der Waals surface area contributed by atoms with Crippen molar-refractivity contribution in [3.63, 3.8) is 0 Å². The molecule has 0 atom stereocenters. The molecule has 1 aromatic heterocycles. The standard InChI is InChI=1S/C28H31N3O3/c1-32-24-15-20(16-25(33-2)27(24)34-3)26-21-13-9-4-5-10-14-23(21)31(28(30)22(26)17-29)18-19-11-7-6-8-12-19/h6-8,11-12,15-16,30H,4-5,9-10,13-14,18H2,1-3H3. The second-order valence-electron chi connectivity index (χ2n) is 8.54. The summed E-state index contributed by atoms with van der Waals surface area (Å²) >= 11 is 0. The lowest BCUT2D eigenvalue weighted by molar-refractivity contribution is 0.324. The Morgan fingerprint density at radius 3 is 2.15 bits per heavy atom. The number of nitrogens with one attached hydrogen (secondary N) is 1. The number of hydrogen-bond acceptors (Lipinski definition) is 5. The van der Waals surface area contributed by atoms with Crippen molar-refractivity contribution in [3.8, 4) is 34.4 Å². The summed E-state index contributed by atoms with van der Waals surface area (Å²) in [6.07, 6.45) is 6.22. The van der Waals surface area contributed by atoms with Gasteiger partial charge in [-0.25, -0.2) is 0 Å². The molecule has 3 aromatic rings. The van der Waals surface area contributed by atoms with E-state index in [1.807, 2.05) is 34.9 Å². The molecule has 1 heterocycles. The van der Waals surface area contributed by atoms with E-state index in [0.717, 1.165) is 60.1 Å². The Morgan fingerprint density at radius 1 is 0.912 bits per heavy atom. The Kier molecular flexibility index (Phi) is 7.22. The number of methoxy groups -OCH3 is 3. The minimum absolute atomic E-state index is 0.245. The number of pyridine rings is 1. The molecule has 0 saturated carbocycles. The van der Waals surface area contributed by atoms with Crippen LogP contribution in [0.15, 0.2) is 42.5 Å². The van der Waals surface area contributed by atoms with Crippen LogP contribution in [0, 0.1) is 16.7 Å². The Bertz CT molecular complexity index is 1250. The normalized spacial score (nSPS) is 13.2. The van der Waals surface area contributed by atoms with Crippen molar-refractivity contribution in [3.05, 3.63) is 70.3 Å². The average Bonchev–Trinajstić information content (AvgIpc) is 2.85. The summed E-state index contributed by atoms with van der Waals surface area (Å²) in [6.45, 7) is 0.576. The molecule has 176 valence electrons. The average molecular weight is 458 g/mol. The third-order valence-electron chi connectivity index (χ3n) is 6.57. The maximum absolute atomic E-state index is 10.3. The molecule has 34 heavy (non-hydrogen) atoms. The van der Waals surface area contributed by atoms with E-state index >= 15 is 0 Å². The highest BCUT2D eigenvalue weighted by Crippen LogP contribution is 2.43. The largest absolute Gasteiger partial charge is 0.493 e. The van der Waals surface area contributed by atoms with Gasteiger partial charge in [0, 0.05) is 17.8 Å². The van der Waals surface area contributed by atoms with Crippen LogP contribution >= 0.6 is 0 Å². The first kappa shape index (κ1) is 23.4. The summed E-state index contributed by atoms with van der Waals surface area (Å²) in [7, 11) is 4.75. The molecule has 6 nitrogen and oxygen atoms in total. The highest BCUT2D eigenvalue weighted by atomic mass is 16.5. The molecule has 0 spiro atoms. The molecular weight excluding hydrogens is 426 g/mol. The van der Waals surface area contributed by atoms with Gasteiger partial charge in [0.25, 0.3) is 0 Å². The lowest BCUT2D eigenvalue weighted by Crippen LogP contribution is -2.30. The number of benzene rings is 2. The first-order chi connectivity index (χ1) is 16.6. The van der Waals surface area contributed by atoms with E-state index in [-0.39, 0.29) is 5.49 Å². The Hall–Kier alpha value is -3.72. The summed E-state index contributed by atoms with van der Waals surface area (Å²) in [5.74, 6) is 1.58. The van der Waals surface area contributed by atoms with Gasteiger partial charge >= 0.3 is 0 Å². The van der Waals surface area contributed by atoms with E-state index in [4.69, 9.17) is 19.6 Å². The van der Waals surface area contributed by atoms with Gasteiger partial charge in [0.15, 0.2) is 11.5 Å². The Morgan fingerprint density at radius 2 is 1.56 bits per heavy atom. The molecule has 0 aliphatic heterocycles. The number of rotatable bonds is 6. The van der Waals surface area contributed by atoms with Crippen LogP contribution in [0.5, 0.6) is 17.2 Å². The molecule has 1 aliphatic carbocycles. The zero-order valence-corrected chi connectivity index (χ0v) is 20.1. The van der Waals surface area contributed by atoms with Crippen molar-refractivity contribution in [2.75, 3.05) is 21.3 Å². The van der Waals surface area contributed by atoms with Crippen LogP contribution < -0.4 is 19.7 Å². The summed E-state index contributed by atoms with van der Waals surface area (Å²) < 4.78 is 18.7. The first-order valence-electron chi connectivity index (χ1n) is 11.7. The van der Waals surface area contributed by atoms with E-state index in [0.29, 0.717) is 29.4 Å². The van der Waals surface area contributed by atoms with E-state index in [9.17, 15) is 5.26 Å². The quantitative estimate of drug-likeness (QED) is 0.549. The van der Waals surface area contributed by atoms with Gasteiger partial charge in [-0.3, -0.25) is 5.41 Å². The van der Waals surface area contributed by atoms with Crippen molar-refractivity contribution in [1.29, 1.82) is 10.7 Å². The van der Waals surface area contributed by atoms with Crippen LogP contribution in [0.1, 0.15) is 48.1 Å². The monoisotopic (exact) mass is 457 g/mol. The van der Waals surface area contributed by atoms with Gasteiger partial charge in [0.2, 0.25) is 5.75 Å². The van der Waals surface area contributed by atoms with Gasteiger partial charge in [-0.1, -0.05) is 43.2 Å². The number of nitriles is 1. The Labute approximate surface area is 200 Å². The third-order valence-corrected chi connectivity index (χ3v) is 6.57. The van der Waals surface area contributed by atoms with Gasteiger partial charge in [0.1, 0.15) is 17.1 Å². The van der Waals surface area contributed by atoms with Crippen molar-refractivity contribution >= 4 is 0 Å². The molecular formula is C28H31N3O3. The highest BCUT2D eigenvalue weighted by Gasteiger charge is 2.24. The zero-order chi connectivity index (χ0) is 24.1. The van der Waals surface area contributed by atoms with Crippen molar-refractivity contribution in [2.24, 2.45) is 0 Å². The van der Waals surface area contributed by atoms with Crippen LogP contribution in [0.2, 0.25) is 0 Å². The van der Waals surface area contributed by atoms with E-state index in [1.165, 1.54) is 6.42 Å². The maximum atomic E-state index is 10.3. The lowest BCUT2D eigenvalue weighted by atomic mass is 9.87. The molecule has 0 radical (unpaired) electrons. The molecule has 0 fully saturated rings. The molecule has 6 heteroatoms. The number of fused-ring (bicyclic) bond motifs is 1. The Balaban J connectivity index is 2.02. The summed E-state index contributed by atoms with van der Waals surface area (Å²) in [5.41, 5.74) is 5.67. The van der Waals surface area contributed by atoms with Crippen LogP contribution in [0.25, 0.3) is 11.1 Å². The molecule has 0 amide bonds. The topological polar surface area (TPSA) is 80.3 Å². The second-order valence-corrected chi connectivity index (χ2v) is 8.54. The van der Waals surface area contributed by atoms with Gasteiger partial charge in [-0.2, -0.15) is 5.26 Å². The summed E-state index contributed by atoms with van der Waals surface area (Å²) in [6, 6.07) is 16.3. The van der Waals surface area contributed by atoms with Gasteiger partial charge in [-0.15, -0.1) is 0 Å². The number of nitrogens with zero attached hydrogens (tertiary/aromatic N) is 2. The van der Waals surface area contributed by atoms with Crippen LogP contribution in [0.3, 0.4) is 0 Å². The smallest absolute Gasteiger partial charge is 0.203 e. The minimum Gasteiger partial charge on any atom is -0.493 e. The van der Waals surface area contributed by atoms with Crippen molar-refractivity contribution < 1.29 is 14.2 Å². The molecule has 2 aromatic carbocycles. The van der Waals surface area contributed by atoms with Crippen LogP contribution in [0.4, 0.5) is 0 Å². The van der Waals surface area contributed by atoms with Crippen LogP contribution in [-0.2, 0) is 19.4 Å². The molecule has 0 unspecified atom stereocenters. The molecule has 0 saturated heterocycles. The second kappa shape index (κ2) is 10.5. The SMILES string of the molecule is COc1cc(-c2c3c(n(Cc4ccccc4)c(=N)c2C#N)CCCCCC3)cc(OC)c1OC. The molecule has 0 bridgehead atoms. The fraction of sp³-hybridized carbons (Fsp3) is 0.357. The fourth-order valence-corrected chi connectivity index (χ4v) is 4.94. The zero-order valence-electron chi connectivity index (χ0n) is 20.1. The van der Waals surface area contributed by atoms with Gasteiger partial charge in [-0.05, 0) is 54.5 Å². The summed E-state index contributed by atoms with van der Waals surface area (Å²) in [4.78, 5) is 0. The summed E-state index contributed by atoms with van der Waals surface area (Å²) in [5, 5.41) is 19.3. The van der Waals surface area contributed by atoms with Gasteiger partial charge < -0.3 is 18.8 Å². The minimum atomic E-state index is 0.245. The van der Waals surface area contributed by atoms with E-state index < -0.39 is 0 Å².